The van der Waals surface area contributed by atoms with E-state index < -0.39 is 0 Å². The van der Waals surface area contributed by atoms with Gasteiger partial charge >= 0.3 is 0 Å². The molecule has 2 fully saturated rings. The van der Waals surface area contributed by atoms with E-state index in [2.05, 4.69) is 26.5 Å². The van der Waals surface area contributed by atoms with Crippen LogP contribution < -0.4 is 10.2 Å². The Bertz CT molecular complexity index is 706. The first kappa shape index (κ1) is 12.5. The summed E-state index contributed by atoms with van der Waals surface area (Å²) in [6.45, 7) is 3.06. The molecule has 21 heavy (non-hydrogen) atoms. The zero-order valence-electron chi connectivity index (χ0n) is 11.8. The standard InChI is InChI=1S/C16H17N5/c17-8-14-16(12-5-1-2-6-13(12)19-20-14)21-9-11-4-3-7-18-15(11)10-21/h1-2,5-6,11,15,18H,3-4,7,9-10H2/t11-,15+/m0/s1. The third-order valence-electron chi connectivity index (χ3n) is 4.66. The van der Waals surface area contributed by atoms with Crippen LogP contribution in [0.1, 0.15) is 18.5 Å². The van der Waals surface area contributed by atoms with Gasteiger partial charge in [-0.2, -0.15) is 5.26 Å². The summed E-state index contributed by atoms with van der Waals surface area (Å²) in [5, 5.41) is 22.3. The first-order valence-electron chi connectivity index (χ1n) is 7.50. The fourth-order valence-corrected chi connectivity index (χ4v) is 3.66. The van der Waals surface area contributed by atoms with Gasteiger partial charge in [0.05, 0.1) is 11.2 Å². The van der Waals surface area contributed by atoms with Gasteiger partial charge < -0.3 is 10.2 Å². The van der Waals surface area contributed by atoms with E-state index in [0.29, 0.717) is 17.7 Å². The molecule has 0 amide bonds. The Morgan fingerprint density at radius 1 is 1.24 bits per heavy atom. The molecule has 2 atom stereocenters. The smallest absolute Gasteiger partial charge is 0.187 e. The number of fused-ring (bicyclic) bond motifs is 2. The summed E-state index contributed by atoms with van der Waals surface area (Å²) < 4.78 is 0. The number of nitriles is 1. The molecule has 0 radical (unpaired) electrons. The number of benzene rings is 1. The molecule has 0 bridgehead atoms. The minimum Gasteiger partial charge on any atom is -0.367 e. The highest BCUT2D eigenvalue weighted by Gasteiger charge is 2.36. The maximum atomic E-state index is 9.40. The molecular weight excluding hydrogens is 262 g/mol. The van der Waals surface area contributed by atoms with Crippen LogP contribution in [0.25, 0.3) is 10.9 Å². The van der Waals surface area contributed by atoms with E-state index in [1.54, 1.807) is 0 Å². The fourth-order valence-electron chi connectivity index (χ4n) is 3.66. The lowest BCUT2D eigenvalue weighted by Crippen LogP contribution is -2.40. The normalized spacial score (nSPS) is 24.8. The van der Waals surface area contributed by atoms with Gasteiger partial charge in [0.25, 0.3) is 0 Å². The van der Waals surface area contributed by atoms with Crippen LogP contribution in [0.4, 0.5) is 5.69 Å². The Morgan fingerprint density at radius 3 is 3.00 bits per heavy atom. The van der Waals surface area contributed by atoms with E-state index in [-0.39, 0.29) is 0 Å². The average molecular weight is 279 g/mol. The Morgan fingerprint density at radius 2 is 2.14 bits per heavy atom. The molecule has 106 valence electrons. The van der Waals surface area contributed by atoms with Gasteiger partial charge in [0.1, 0.15) is 6.07 Å². The second kappa shape index (κ2) is 4.97. The summed E-state index contributed by atoms with van der Waals surface area (Å²) in [6.07, 6.45) is 2.52. The predicted molar refractivity (Wildman–Crippen MR) is 81.0 cm³/mol. The molecular formula is C16H17N5. The number of aromatic nitrogens is 2. The first-order chi connectivity index (χ1) is 10.4. The summed E-state index contributed by atoms with van der Waals surface area (Å²) in [4.78, 5) is 2.32. The highest BCUT2D eigenvalue weighted by atomic mass is 15.2. The zero-order valence-corrected chi connectivity index (χ0v) is 11.8. The number of hydrogen-bond acceptors (Lipinski definition) is 5. The molecule has 4 rings (SSSR count). The first-order valence-corrected chi connectivity index (χ1v) is 7.50. The molecule has 1 aromatic carbocycles. The minimum absolute atomic E-state index is 0.437. The monoisotopic (exact) mass is 279 g/mol. The van der Waals surface area contributed by atoms with E-state index in [1.165, 1.54) is 12.8 Å². The molecule has 5 nitrogen and oxygen atoms in total. The summed E-state index contributed by atoms with van der Waals surface area (Å²) in [6, 6.07) is 10.7. The Labute approximate surface area is 123 Å². The SMILES string of the molecule is N#Cc1nnc2ccccc2c1N1C[C@@H]2CCCN[C@@H]2C1. The Balaban J connectivity index is 1.80. The molecule has 0 saturated carbocycles. The van der Waals surface area contributed by atoms with Crippen LogP contribution in [0.3, 0.4) is 0 Å². The van der Waals surface area contributed by atoms with Crippen molar-refractivity contribution in [3.63, 3.8) is 0 Å². The van der Waals surface area contributed by atoms with E-state index in [4.69, 9.17) is 0 Å². The van der Waals surface area contributed by atoms with Crippen LogP contribution in [-0.2, 0) is 0 Å². The average Bonchev–Trinajstić information content (AvgIpc) is 2.97. The molecule has 2 saturated heterocycles. The van der Waals surface area contributed by atoms with Gasteiger partial charge in [-0.1, -0.05) is 18.2 Å². The van der Waals surface area contributed by atoms with Crippen molar-refractivity contribution in [2.75, 3.05) is 24.5 Å². The van der Waals surface area contributed by atoms with Crippen LogP contribution in [0.15, 0.2) is 24.3 Å². The third-order valence-corrected chi connectivity index (χ3v) is 4.66. The lowest BCUT2D eigenvalue weighted by Gasteiger charge is -2.24. The molecule has 5 heteroatoms. The second-order valence-corrected chi connectivity index (χ2v) is 5.89. The number of nitrogens with one attached hydrogen (secondary N) is 1. The quantitative estimate of drug-likeness (QED) is 0.860. The van der Waals surface area contributed by atoms with E-state index >= 15 is 0 Å². The number of anilines is 1. The molecule has 1 N–H and O–H groups in total. The van der Waals surface area contributed by atoms with Crippen molar-refractivity contribution < 1.29 is 0 Å². The van der Waals surface area contributed by atoms with Gasteiger partial charge in [-0.25, -0.2) is 0 Å². The maximum absolute atomic E-state index is 9.40. The highest BCUT2D eigenvalue weighted by Crippen LogP contribution is 2.34. The van der Waals surface area contributed by atoms with Gasteiger partial charge in [-0.15, -0.1) is 10.2 Å². The van der Waals surface area contributed by atoms with E-state index in [1.807, 2.05) is 24.3 Å². The molecule has 2 aliphatic rings. The van der Waals surface area contributed by atoms with Crippen LogP contribution in [0, 0.1) is 17.2 Å². The van der Waals surface area contributed by atoms with Crippen LogP contribution >= 0.6 is 0 Å². The minimum atomic E-state index is 0.437. The van der Waals surface area contributed by atoms with Gasteiger partial charge in [-0.05, 0) is 31.4 Å². The van der Waals surface area contributed by atoms with Crippen molar-refractivity contribution in [2.45, 2.75) is 18.9 Å². The molecule has 0 unspecified atom stereocenters. The Hall–Kier alpha value is -2.19. The molecule has 3 heterocycles. The highest BCUT2D eigenvalue weighted by molar-refractivity contribution is 5.93. The predicted octanol–water partition coefficient (Wildman–Crippen LogP) is 1.69. The molecule has 2 aromatic rings. The number of nitrogens with zero attached hydrogens (tertiary/aromatic N) is 4. The van der Waals surface area contributed by atoms with Crippen molar-refractivity contribution in [1.82, 2.24) is 15.5 Å². The fraction of sp³-hybridized carbons (Fsp3) is 0.438. The van der Waals surface area contributed by atoms with E-state index in [9.17, 15) is 5.26 Å². The number of hydrogen-bond donors (Lipinski definition) is 1. The van der Waals surface area contributed by atoms with E-state index in [0.717, 1.165) is 36.2 Å². The summed E-state index contributed by atoms with van der Waals surface area (Å²) in [5.41, 5.74) is 2.25. The molecule has 0 spiro atoms. The lowest BCUT2D eigenvalue weighted by molar-refractivity contribution is 0.340. The van der Waals surface area contributed by atoms with Crippen LogP contribution in [0.2, 0.25) is 0 Å². The van der Waals surface area contributed by atoms with Crippen molar-refractivity contribution in [2.24, 2.45) is 5.92 Å². The number of piperidine rings is 1. The number of rotatable bonds is 1. The Kier molecular flexibility index (Phi) is 2.97. The van der Waals surface area contributed by atoms with Gasteiger partial charge in [0.15, 0.2) is 5.69 Å². The summed E-state index contributed by atoms with van der Waals surface area (Å²) in [7, 11) is 0. The van der Waals surface area contributed by atoms with Crippen LogP contribution in [0.5, 0.6) is 0 Å². The molecule has 1 aromatic heterocycles. The van der Waals surface area contributed by atoms with Crippen LogP contribution in [-0.4, -0.2) is 35.9 Å². The maximum Gasteiger partial charge on any atom is 0.187 e. The topological polar surface area (TPSA) is 64.8 Å². The molecule has 2 aliphatic heterocycles. The summed E-state index contributed by atoms with van der Waals surface area (Å²) in [5.74, 6) is 0.678. The van der Waals surface area contributed by atoms with Crippen molar-refractivity contribution in [3.05, 3.63) is 30.0 Å². The van der Waals surface area contributed by atoms with Gasteiger partial charge in [0, 0.05) is 24.5 Å². The van der Waals surface area contributed by atoms with Crippen molar-refractivity contribution in [1.29, 1.82) is 5.26 Å². The lowest BCUT2D eigenvalue weighted by atomic mass is 9.94. The van der Waals surface area contributed by atoms with Crippen molar-refractivity contribution >= 4 is 16.6 Å². The second-order valence-electron chi connectivity index (χ2n) is 5.89. The molecule has 0 aliphatic carbocycles. The zero-order chi connectivity index (χ0) is 14.2. The third kappa shape index (κ3) is 2.03. The van der Waals surface area contributed by atoms with Gasteiger partial charge in [0.2, 0.25) is 0 Å². The van der Waals surface area contributed by atoms with Crippen molar-refractivity contribution in [3.8, 4) is 6.07 Å². The van der Waals surface area contributed by atoms with Gasteiger partial charge in [-0.3, -0.25) is 0 Å². The largest absolute Gasteiger partial charge is 0.367 e. The summed E-state index contributed by atoms with van der Waals surface area (Å²) >= 11 is 0.